The van der Waals surface area contributed by atoms with Gasteiger partial charge in [-0.25, -0.2) is 0 Å². The maximum absolute atomic E-state index is 12.2. The lowest BCUT2D eigenvalue weighted by Gasteiger charge is -2.12. The summed E-state index contributed by atoms with van der Waals surface area (Å²) in [6.07, 6.45) is 0. The van der Waals surface area contributed by atoms with Gasteiger partial charge >= 0.3 is 0 Å². The topological polar surface area (TPSA) is 67.4 Å². The Hall–Kier alpha value is -2.47. The molecule has 5 nitrogen and oxygen atoms in total. The molecule has 0 aromatic heterocycles. The molecule has 0 saturated carbocycles. The number of aryl methyl sites for hydroxylation is 1. The molecule has 138 valence electrons. The Kier molecular flexibility index (Phi) is 7.53. The van der Waals surface area contributed by atoms with Gasteiger partial charge in [0.15, 0.2) is 0 Å². The lowest BCUT2D eigenvalue weighted by atomic mass is 10.2. The number of benzene rings is 2. The lowest BCUT2D eigenvalue weighted by molar-refractivity contribution is -0.120. The average Bonchev–Trinajstić information content (AvgIpc) is 2.66. The van der Waals surface area contributed by atoms with Crippen LogP contribution in [0.1, 0.15) is 18.1 Å². The Morgan fingerprint density at radius 3 is 2.35 bits per heavy atom. The Morgan fingerprint density at radius 1 is 1.08 bits per heavy atom. The molecule has 6 heteroatoms. The third-order valence-corrected chi connectivity index (χ3v) is 4.94. The number of nitrogens with one attached hydrogen (secondary N) is 2. The molecular formula is C20H24N2O3S. The van der Waals surface area contributed by atoms with E-state index in [1.165, 1.54) is 11.8 Å². The van der Waals surface area contributed by atoms with Crippen molar-refractivity contribution in [3.63, 3.8) is 0 Å². The van der Waals surface area contributed by atoms with Gasteiger partial charge in [0, 0.05) is 12.2 Å². The fraction of sp³-hybridized carbons (Fsp3) is 0.300. The molecule has 0 aliphatic carbocycles. The van der Waals surface area contributed by atoms with E-state index in [1.54, 1.807) is 14.0 Å². The van der Waals surface area contributed by atoms with Crippen molar-refractivity contribution in [1.29, 1.82) is 0 Å². The molecule has 0 spiro atoms. The molecular weight excluding hydrogens is 348 g/mol. The zero-order chi connectivity index (χ0) is 18.9. The van der Waals surface area contributed by atoms with Crippen LogP contribution in [0.4, 0.5) is 5.69 Å². The molecule has 2 aromatic carbocycles. The van der Waals surface area contributed by atoms with Crippen LogP contribution in [0, 0.1) is 6.92 Å². The number of amides is 2. The van der Waals surface area contributed by atoms with Crippen LogP contribution in [0.5, 0.6) is 5.75 Å². The number of hydrogen-bond donors (Lipinski definition) is 2. The highest BCUT2D eigenvalue weighted by Crippen LogP contribution is 2.14. The van der Waals surface area contributed by atoms with E-state index in [9.17, 15) is 9.59 Å². The van der Waals surface area contributed by atoms with E-state index in [2.05, 4.69) is 10.6 Å². The van der Waals surface area contributed by atoms with Crippen molar-refractivity contribution in [2.24, 2.45) is 0 Å². The number of thioether (sulfide) groups is 1. The monoisotopic (exact) mass is 372 g/mol. The Bertz CT molecular complexity index is 730. The minimum atomic E-state index is -0.308. The molecule has 0 unspecified atom stereocenters. The van der Waals surface area contributed by atoms with Crippen LogP contribution < -0.4 is 15.4 Å². The fourth-order valence-corrected chi connectivity index (χ4v) is 2.89. The van der Waals surface area contributed by atoms with Gasteiger partial charge in [0.05, 0.1) is 18.1 Å². The van der Waals surface area contributed by atoms with Crippen LogP contribution in [-0.4, -0.2) is 29.9 Å². The highest BCUT2D eigenvalue weighted by atomic mass is 32.2. The minimum Gasteiger partial charge on any atom is -0.497 e. The van der Waals surface area contributed by atoms with E-state index in [1.807, 2.05) is 55.5 Å². The number of ether oxygens (including phenoxy) is 1. The Balaban J connectivity index is 1.72. The van der Waals surface area contributed by atoms with E-state index in [4.69, 9.17) is 4.74 Å². The van der Waals surface area contributed by atoms with E-state index in [-0.39, 0.29) is 22.8 Å². The summed E-state index contributed by atoms with van der Waals surface area (Å²) < 4.78 is 5.11. The predicted octanol–water partition coefficient (Wildman–Crippen LogP) is 3.38. The van der Waals surface area contributed by atoms with Gasteiger partial charge in [-0.3, -0.25) is 9.59 Å². The number of hydrogen-bond acceptors (Lipinski definition) is 4. The lowest BCUT2D eigenvalue weighted by Crippen LogP contribution is -2.31. The first-order chi connectivity index (χ1) is 12.5. The molecule has 2 N–H and O–H groups in total. The minimum absolute atomic E-state index is 0.0889. The van der Waals surface area contributed by atoms with Crippen LogP contribution in [0.2, 0.25) is 0 Å². The quantitative estimate of drug-likeness (QED) is 0.745. The van der Waals surface area contributed by atoms with Gasteiger partial charge in [-0.15, -0.1) is 11.8 Å². The molecule has 0 heterocycles. The fourth-order valence-electron chi connectivity index (χ4n) is 2.19. The second-order valence-electron chi connectivity index (χ2n) is 5.93. The molecule has 26 heavy (non-hydrogen) atoms. The Morgan fingerprint density at radius 2 is 1.73 bits per heavy atom. The van der Waals surface area contributed by atoms with Crippen molar-refractivity contribution in [1.82, 2.24) is 5.32 Å². The first-order valence-electron chi connectivity index (χ1n) is 8.36. The highest BCUT2D eigenvalue weighted by Gasteiger charge is 2.15. The van der Waals surface area contributed by atoms with Gasteiger partial charge in [-0.1, -0.05) is 29.8 Å². The Labute approximate surface area is 158 Å². The SMILES string of the molecule is COc1ccc(CNC(=O)[C@@H](C)SCC(=O)Nc2ccc(C)cc2)cc1. The van der Waals surface area contributed by atoms with Crippen LogP contribution >= 0.6 is 11.8 Å². The number of rotatable bonds is 8. The smallest absolute Gasteiger partial charge is 0.234 e. The normalized spacial score (nSPS) is 11.5. The van der Waals surface area contributed by atoms with E-state index >= 15 is 0 Å². The molecule has 0 aliphatic rings. The first-order valence-corrected chi connectivity index (χ1v) is 9.41. The summed E-state index contributed by atoms with van der Waals surface area (Å²) in [6, 6.07) is 15.1. The highest BCUT2D eigenvalue weighted by molar-refractivity contribution is 8.01. The molecule has 0 radical (unpaired) electrons. The van der Waals surface area contributed by atoms with Gasteiger partial charge < -0.3 is 15.4 Å². The van der Waals surface area contributed by atoms with Crippen molar-refractivity contribution in [3.8, 4) is 5.75 Å². The van der Waals surface area contributed by atoms with Gasteiger partial charge in [0.1, 0.15) is 5.75 Å². The molecule has 0 fully saturated rings. The van der Waals surface area contributed by atoms with Crippen LogP contribution in [0.3, 0.4) is 0 Å². The van der Waals surface area contributed by atoms with E-state index < -0.39 is 0 Å². The average molecular weight is 372 g/mol. The largest absolute Gasteiger partial charge is 0.497 e. The van der Waals surface area contributed by atoms with Gasteiger partial charge in [-0.2, -0.15) is 0 Å². The standard InChI is InChI=1S/C20H24N2O3S/c1-14-4-8-17(9-5-14)22-19(23)13-26-15(2)20(24)21-12-16-6-10-18(25-3)11-7-16/h4-11,15H,12-13H2,1-3H3,(H,21,24)(H,22,23)/t15-/m1/s1. The van der Waals surface area contributed by atoms with Crippen molar-refractivity contribution in [3.05, 3.63) is 59.7 Å². The molecule has 2 aromatic rings. The molecule has 1 atom stereocenters. The van der Waals surface area contributed by atoms with Crippen molar-refractivity contribution in [2.45, 2.75) is 25.6 Å². The number of anilines is 1. The maximum atomic E-state index is 12.2. The summed E-state index contributed by atoms with van der Waals surface area (Å²) in [5.74, 6) is 0.802. The van der Waals surface area contributed by atoms with E-state index in [0.717, 1.165) is 22.6 Å². The predicted molar refractivity (Wildman–Crippen MR) is 107 cm³/mol. The third-order valence-electron chi connectivity index (χ3n) is 3.79. The van der Waals surface area contributed by atoms with E-state index in [0.29, 0.717) is 6.54 Å². The molecule has 2 rings (SSSR count). The summed E-state index contributed by atoms with van der Waals surface area (Å²) in [6.45, 7) is 4.24. The first kappa shape index (κ1) is 19.8. The molecule has 0 saturated heterocycles. The number of carbonyl (C=O) groups is 2. The van der Waals surface area contributed by atoms with Crippen molar-refractivity contribution < 1.29 is 14.3 Å². The van der Waals surface area contributed by atoms with Gasteiger partial charge in [-0.05, 0) is 43.7 Å². The molecule has 0 aliphatic heterocycles. The number of methoxy groups -OCH3 is 1. The second kappa shape index (κ2) is 9.87. The zero-order valence-electron chi connectivity index (χ0n) is 15.2. The third kappa shape index (κ3) is 6.44. The summed E-state index contributed by atoms with van der Waals surface area (Å²) in [7, 11) is 1.62. The molecule has 2 amide bonds. The summed E-state index contributed by atoms with van der Waals surface area (Å²) in [5.41, 5.74) is 2.89. The second-order valence-corrected chi connectivity index (χ2v) is 7.26. The van der Waals surface area contributed by atoms with Crippen molar-refractivity contribution in [2.75, 3.05) is 18.2 Å². The van der Waals surface area contributed by atoms with Crippen molar-refractivity contribution >= 4 is 29.3 Å². The van der Waals surface area contributed by atoms with Gasteiger partial charge in [0.25, 0.3) is 0 Å². The summed E-state index contributed by atoms with van der Waals surface area (Å²) in [4.78, 5) is 24.1. The maximum Gasteiger partial charge on any atom is 0.234 e. The van der Waals surface area contributed by atoms with Crippen LogP contribution in [-0.2, 0) is 16.1 Å². The zero-order valence-corrected chi connectivity index (χ0v) is 16.1. The van der Waals surface area contributed by atoms with Crippen LogP contribution in [0.25, 0.3) is 0 Å². The van der Waals surface area contributed by atoms with Gasteiger partial charge in [0.2, 0.25) is 11.8 Å². The summed E-state index contributed by atoms with van der Waals surface area (Å²) in [5, 5.41) is 5.40. The summed E-state index contributed by atoms with van der Waals surface area (Å²) >= 11 is 1.31. The van der Waals surface area contributed by atoms with Crippen LogP contribution in [0.15, 0.2) is 48.5 Å². The molecule has 0 bridgehead atoms. The number of carbonyl (C=O) groups excluding carboxylic acids is 2.